The molecule has 2 aromatic rings. The van der Waals surface area contributed by atoms with E-state index in [0.29, 0.717) is 37.3 Å². The van der Waals surface area contributed by atoms with Crippen molar-refractivity contribution in [3.8, 4) is 11.3 Å². The number of carbonyl (C=O) groups is 1. The maximum atomic E-state index is 12.8. The molecule has 0 aromatic carbocycles. The lowest BCUT2D eigenvalue weighted by Crippen LogP contribution is -2.62. The van der Waals surface area contributed by atoms with Crippen LogP contribution < -0.4 is 15.8 Å². The van der Waals surface area contributed by atoms with E-state index in [1.807, 2.05) is 29.3 Å². The Morgan fingerprint density at radius 3 is 2.82 bits per heavy atom. The number of hydrogen-bond acceptors (Lipinski definition) is 5. The zero-order valence-electron chi connectivity index (χ0n) is 19.9. The van der Waals surface area contributed by atoms with Gasteiger partial charge in [-0.25, -0.2) is 0 Å². The van der Waals surface area contributed by atoms with Crippen molar-refractivity contribution in [2.24, 2.45) is 5.92 Å². The fourth-order valence-corrected chi connectivity index (χ4v) is 4.11. The molecule has 0 unspecified atom stereocenters. The summed E-state index contributed by atoms with van der Waals surface area (Å²) in [6.07, 6.45) is 10.4. The van der Waals surface area contributed by atoms with Gasteiger partial charge in [-0.3, -0.25) is 14.6 Å². The van der Waals surface area contributed by atoms with E-state index in [0.717, 1.165) is 24.2 Å². The van der Waals surface area contributed by atoms with Gasteiger partial charge in [0.15, 0.2) is 0 Å². The van der Waals surface area contributed by atoms with Crippen molar-refractivity contribution in [3.05, 3.63) is 58.7 Å². The van der Waals surface area contributed by atoms with Crippen LogP contribution in [-0.4, -0.2) is 59.0 Å². The third-order valence-electron chi connectivity index (χ3n) is 6.39. The number of aromatic amines is 1. The minimum Gasteiger partial charge on any atom is -0.360 e. The first kappa shape index (κ1) is 23.2. The number of pyridine rings is 2. The Hall–Kier alpha value is -2.93. The highest BCUT2D eigenvalue weighted by molar-refractivity contribution is 5.88. The highest BCUT2D eigenvalue weighted by Gasteiger charge is 2.37. The van der Waals surface area contributed by atoms with Gasteiger partial charge in [-0.15, -0.1) is 0 Å². The van der Waals surface area contributed by atoms with Gasteiger partial charge >= 0.3 is 0 Å². The van der Waals surface area contributed by atoms with Crippen molar-refractivity contribution in [2.75, 3.05) is 31.1 Å². The lowest BCUT2D eigenvalue weighted by Gasteiger charge is -2.46. The van der Waals surface area contributed by atoms with Crippen molar-refractivity contribution in [2.45, 2.75) is 52.1 Å². The summed E-state index contributed by atoms with van der Waals surface area (Å²) in [7, 11) is 0. The fraction of sp³-hybridized carbons (Fsp3) is 0.500. The standard InChI is InChI=1S/C26H35N5O2/c1-4-19-9-11-28-23(12-19)21-13-24(26(33)29-14-21)31(15-20-7-8-20)22-16-30(17-22)25(32)6-5-10-27-18(2)3/h5-6,9,11-14,18,20,22,27H,4,7-8,10,15-17H2,1-3H3,(H,29,33)/b6-5+. The predicted molar refractivity (Wildman–Crippen MR) is 132 cm³/mol. The molecule has 4 rings (SSSR count). The van der Waals surface area contributed by atoms with E-state index in [-0.39, 0.29) is 17.5 Å². The average molecular weight is 450 g/mol. The minimum absolute atomic E-state index is 0.0337. The molecule has 0 atom stereocenters. The van der Waals surface area contributed by atoms with Gasteiger partial charge in [0, 0.05) is 56.3 Å². The number of anilines is 1. The molecule has 33 heavy (non-hydrogen) atoms. The van der Waals surface area contributed by atoms with Crippen LogP contribution in [0.15, 0.2) is 47.5 Å². The van der Waals surface area contributed by atoms with Crippen LogP contribution in [0.1, 0.15) is 39.2 Å². The third kappa shape index (κ3) is 5.90. The van der Waals surface area contributed by atoms with Crippen LogP contribution in [0, 0.1) is 5.92 Å². The normalized spacial score (nSPS) is 16.4. The van der Waals surface area contributed by atoms with Gasteiger partial charge in [0.25, 0.3) is 5.56 Å². The quantitative estimate of drug-likeness (QED) is 0.545. The first-order valence-corrected chi connectivity index (χ1v) is 12.1. The molecule has 2 fully saturated rings. The Bertz CT molecular complexity index is 1050. The molecule has 0 radical (unpaired) electrons. The molecule has 1 aliphatic carbocycles. The third-order valence-corrected chi connectivity index (χ3v) is 6.39. The molecule has 2 aliphatic rings. The second kappa shape index (κ2) is 10.3. The number of H-pyrrole nitrogens is 1. The maximum Gasteiger partial charge on any atom is 0.271 e. The van der Waals surface area contributed by atoms with Gasteiger partial charge in [0.1, 0.15) is 5.69 Å². The summed E-state index contributed by atoms with van der Waals surface area (Å²) in [6.45, 7) is 9.10. The summed E-state index contributed by atoms with van der Waals surface area (Å²) >= 11 is 0. The van der Waals surface area contributed by atoms with E-state index in [1.54, 1.807) is 12.3 Å². The summed E-state index contributed by atoms with van der Waals surface area (Å²) in [6, 6.07) is 6.60. The molecule has 0 bridgehead atoms. The van der Waals surface area contributed by atoms with Crippen LogP contribution in [0.25, 0.3) is 11.3 Å². The van der Waals surface area contributed by atoms with Crippen LogP contribution in [0.3, 0.4) is 0 Å². The molecule has 2 N–H and O–H groups in total. The Labute approximate surface area is 195 Å². The molecule has 0 spiro atoms. The molecule has 1 amide bonds. The Kier molecular flexibility index (Phi) is 7.28. The van der Waals surface area contributed by atoms with Crippen molar-refractivity contribution < 1.29 is 4.79 Å². The second-order valence-electron chi connectivity index (χ2n) is 9.46. The summed E-state index contributed by atoms with van der Waals surface area (Å²) < 4.78 is 0. The number of hydrogen-bond donors (Lipinski definition) is 2. The van der Waals surface area contributed by atoms with Crippen LogP contribution in [0.5, 0.6) is 0 Å². The summed E-state index contributed by atoms with van der Waals surface area (Å²) in [4.78, 5) is 36.8. The molecular formula is C26H35N5O2. The monoisotopic (exact) mass is 449 g/mol. The molecule has 3 heterocycles. The second-order valence-corrected chi connectivity index (χ2v) is 9.46. The summed E-state index contributed by atoms with van der Waals surface area (Å²) in [5, 5.41) is 3.28. The number of nitrogens with one attached hydrogen (secondary N) is 2. The van der Waals surface area contributed by atoms with E-state index in [4.69, 9.17) is 0 Å². The van der Waals surface area contributed by atoms with E-state index < -0.39 is 0 Å². The molecule has 176 valence electrons. The predicted octanol–water partition coefficient (Wildman–Crippen LogP) is 2.98. The lowest BCUT2D eigenvalue weighted by atomic mass is 10.0. The molecule has 1 aliphatic heterocycles. The zero-order chi connectivity index (χ0) is 23.4. The van der Waals surface area contributed by atoms with Crippen LogP contribution in [0.2, 0.25) is 0 Å². The molecule has 7 nitrogen and oxygen atoms in total. The van der Waals surface area contributed by atoms with E-state index in [1.165, 1.54) is 18.4 Å². The van der Waals surface area contributed by atoms with E-state index >= 15 is 0 Å². The van der Waals surface area contributed by atoms with E-state index in [9.17, 15) is 9.59 Å². The maximum absolute atomic E-state index is 12.8. The first-order valence-electron chi connectivity index (χ1n) is 12.1. The Morgan fingerprint density at radius 1 is 1.33 bits per heavy atom. The SMILES string of the molecule is CCc1ccnc(-c2c[nH]c(=O)c(N(CC3CC3)C3CN(C(=O)/C=C/CNC(C)C)C3)c2)c1. The number of rotatable bonds is 10. The van der Waals surface area contributed by atoms with Gasteiger partial charge in [0.2, 0.25) is 5.91 Å². The topological polar surface area (TPSA) is 81.3 Å². The van der Waals surface area contributed by atoms with Gasteiger partial charge < -0.3 is 20.1 Å². The van der Waals surface area contributed by atoms with E-state index in [2.05, 4.69) is 47.0 Å². The Balaban J connectivity index is 1.48. The first-order chi connectivity index (χ1) is 15.9. The van der Waals surface area contributed by atoms with Crippen molar-refractivity contribution in [3.63, 3.8) is 0 Å². The highest BCUT2D eigenvalue weighted by atomic mass is 16.2. The summed E-state index contributed by atoms with van der Waals surface area (Å²) in [5.41, 5.74) is 3.58. The van der Waals surface area contributed by atoms with Crippen LogP contribution in [0.4, 0.5) is 5.69 Å². The molecule has 1 saturated heterocycles. The number of nitrogens with zero attached hydrogens (tertiary/aromatic N) is 3. The largest absolute Gasteiger partial charge is 0.360 e. The van der Waals surface area contributed by atoms with Gasteiger partial charge in [-0.1, -0.05) is 26.8 Å². The van der Waals surface area contributed by atoms with Crippen LogP contribution >= 0.6 is 0 Å². The fourth-order valence-electron chi connectivity index (χ4n) is 4.11. The average Bonchev–Trinajstić information content (AvgIpc) is 3.59. The highest BCUT2D eigenvalue weighted by Crippen LogP contribution is 2.33. The molecule has 2 aromatic heterocycles. The Morgan fingerprint density at radius 2 is 2.12 bits per heavy atom. The smallest absolute Gasteiger partial charge is 0.271 e. The van der Waals surface area contributed by atoms with Gasteiger partial charge in [-0.05, 0) is 48.9 Å². The number of amides is 1. The molecular weight excluding hydrogens is 414 g/mol. The summed E-state index contributed by atoms with van der Waals surface area (Å²) in [5.74, 6) is 0.660. The number of carbonyl (C=O) groups excluding carboxylic acids is 1. The molecule has 1 saturated carbocycles. The van der Waals surface area contributed by atoms with Gasteiger partial charge in [0.05, 0.1) is 11.7 Å². The lowest BCUT2D eigenvalue weighted by molar-refractivity contribution is -0.130. The van der Waals surface area contributed by atoms with Crippen molar-refractivity contribution in [1.29, 1.82) is 0 Å². The number of likely N-dealkylation sites (tertiary alicyclic amines) is 1. The number of aromatic nitrogens is 2. The minimum atomic E-state index is -0.0875. The van der Waals surface area contributed by atoms with Gasteiger partial charge in [-0.2, -0.15) is 0 Å². The number of aryl methyl sites for hydroxylation is 1. The van der Waals surface area contributed by atoms with Crippen molar-refractivity contribution >= 4 is 11.6 Å². The molecule has 7 heteroatoms. The van der Waals surface area contributed by atoms with Crippen molar-refractivity contribution in [1.82, 2.24) is 20.2 Å². The van der Waals surface area contributed by atoms with Crippen LogP contribution in [-0.2, 0) is 11.2 Å². The zero-order valence-corrected chi connectivity index (χ0v) is 19.9.